The van der Waals surface area contributed by atoms with Crippen LogP contribution in [0.3, 0.4) is 0 Å². The first-order valence-electron chi connectivity index (χ1n) is 11.1. The van der Waals surface area contributed by atoms with Gasteiger partial charge in [0.2, 0.25) is 0 Å². The predicted molar refractivity (Wildman–Crippen MR) is 131 cm³/mol. The summed E-state index contributed by atoms with van der Waals surface area (Å²) in [7, 11) is 0. The molecule has 1 N–H and O–H groups in total. The first-order valence-corrected chi connectivity index (χ1v) is 11.1. The second-order valence-electron chi connectivity index (χ2n) is 7.58. The van der Waals surface area contributed by atoms with Crippen LogP contribution in [0.2, 0.25) is 0 Å². The number of carbonyl (C=O) groups is 2. The number of aryl methyl sites for hydroxylation is 1. The third-order valence-corrected chi connectivity index (χ3v) is 4.71. The highest BCUT2D eigenvalue weighted by molar-refractivity contribution is 5.91. The summed E-state index contributed by atoms with van der Waals surface area (Å²) in [5, 5.41) is 3.92. The minimum Gasteiger partial charge on any atom is -0.494 e. The van der Waals surface area contributed by atoms with Gasteiger partial charge in [0.15, 0.2) is 6.61 Å². The van der Waals surface area contributed by atoms with Crippen molar-refractivity contribution in [2.45, 2.75) is 26.7 Å². The minimum absolute atomic E-state index is 0.137. The fourth-order valence-corrected chi connectivity index (χ4v) is 2.87. The van der Waals surface area contributed by atoms with Crippen molar-refractivity contribution in [3.8, 4) is 17.2 Å². The zero-order valence-electron chi connectivity index (χ0n) is 19.3. The molecule has 0 bridgehead atoms. The molecule has 0 saturated carbocycles. The van der Waals surface area contributed by atoms with Crippen molar-refractivity contribution >= 4 is 18.1 Å². The molecule has 0 aliphatic carbocycles. The normalized spacial score (nSPS) is 10.6. The van der Waals surface area contributed by atoms with Crippen LogP contribution < -0.4 is 19.6 Å². The van der Waals surface area contributed by atoms with Crippen LogP contribution in [0.1, 0.15) is 41.3 Å². The van der Waals surface area contributed by atoms with E-state index in [4.69, 9.17) is 14.2 Å². The number of unbranched alkanes of at least 4 members (excludes halogenated alkanes) is 1. The standard InChI is InChI=1S/C27H28N2O5/c1-3-4-16-32-23-14-10-22(11-15-23)27(31)34-24-12-8-21(9-13-24)18-28-29-26(30)19-33-25-7-5-6-20(2)17-25/h5-15,17-18H,3-4,16,19H2,1-2H3,(H,29,30). The van der Waals surface area contributed by atoms with E-state index in [9.17, 15) is 9.59 Å². The molecule has 3 rings (SSSR count). The lowest BCUT2D eigenvalue weighted by molar-refractivity contribution is -0.123. The lowest BCUT2D eigenvalue weighted by Gasteiger charge is -2.07. The molecule has 0 unspecified atom stereocenters. The summed E-state index contributed by atoms with van der Waals surface area (Å²) in [5.74, 6) is 0.927. The first kappa shape index (κ1) is 24.5. The lowest BCUT2D eigenvalue weighted by atomic mass is 10.2. The van der Waals surface area contributed by atoms with Gasteiger partial charge < -0.3 is 14.2 Å². The van der Waals surface area contributed by atoms with E-state index in [1.165, 1.54) is 6.21 Å². The van der Waals surface area contributed by atoms with Gasteiger partial charge in [-0.3, -0.25) is 4.79 Å². The highest BCUT2D eigenvalue weighted by atomic mass is 16.5. The Labute approximate surface area is 199 Å². The Morgan fingerprint density at radius 3 is 2.35 bits per heavy atom. The molecule has 0 aromatic heterocycles. The molecule has 0 radical (unpaired) electrons. The van der Waals surface area contributed by atoms with Gasteiger partial charge in [-0.15, -0.1) is 0 Å². The summed E-state index contributed by atoms with van der Waals surface area (Å²) in [4.78, 5) is 24.2. The molecule has 0 aliphatic heterocycles. The second-order valence-corrected chi connectivity index (χ2v) is 7.58. The number of hydrogen-bond donors (Lipinski definition) is 1. The Balaban J connectivity index is 1.43. The number of rotatable bonds is 11. The van der Waals surface area contributed by atoms with Gasteiger partial charge in [-0.25, -0.2) is 10.2 Å². The molecular formula is C27H28N2O5. The summed E-state index contributed by atoms with van der Waals surface area (Å²) in [6.07, 6.45) is 3.54. The second kappa shape index (κ2) is 12.8. The molecule has 0 heterocycles. The molecule has 0 spiro atoms. The molecule has 3 aromatic carbocycles. The molecular weight excluding hydrogens is 432 g/mol. The highest BCUT2D eigenvalue weighted by Crippen LogP contribution is 2.17. The molecule has 0 saturated heterocycles. The summed E-state index contributed by atoms with van der Waals surface area (Å²) < 4.78 is 16.4. The van der Waals surface area contributed by atoms with Crippen LogP contribution in [0.25, 0.3) is 0 Å². The number of ether oxygens (including phenoxy) is 3. The quantitative estimate of drug-likeness (QED) is 0.144. The van der Waals surface area contributed by atoms with Crippen molar-refractivity contribution in [2.24, 2.45) is 5.10 Å². The Hall–Kier alpha value is -4.13. The molecule has 0 aliphatic rings. The average molecular weight is 461 g/mol. The van der Waals surface area contributed by atoms with E-state index in [0.29, 0.717) is 23.7 Å². The smallest absolute Gasteiger partial charge is 0.343 e. The maximum atomic E-state index is 12.4. The van der Waals surface area contributed by atoms with Gasteiger partial charge in [-0.1, -0.05) is 25.5 Å². The van der Waals surface area contributed by atoms with Crippen molar-refractivity contribution in [1.82, 2.24) is 5.43 Å². The minimum atomic E-state index is -0.456. The fraction of sp³-hybridized carbons (Fsp3) is 0.222. The number of hydrogen-bond acceptors (Lipinski definition) is 6. The van der Waals surface area contributed by atoms with Crippen molar-refractivity contribution in [3.63, 3.8) is 0 Å². The molecule has 7 heteroatoms. The van der Waals surface area contributed by atoms with Crippen LogP contribution in [-0.2, 0) is 4.79 Å². The van der Waals surface area contributed by atoms with Crippen LogP contribution in [0.4, 0.5) is 0 Å². The van der Waals surface area contributed by atoms with Gasteiger partial charge in [-0.05, 0) is 85.1 Å². The van der Waals surface area contributed by atoms with E-state index in [2.05, 4.69) is 17.5 Å². The fourth-order valence-electron chi connectivity index (χ4n) is 2.87. The maximum absolute atomic E-state index is 12.4. The number of nitrogens with one attached hydrogen (secondary N) is 1. The van der Waals surface area contributed by atoms with E-state index >= 15 is 0 Å². The predicted octanol–water partition coefficient (Wildman–Crippen LogP) is 4.92. The van der Waals surface area contributed by atoms with Crippen molar-refractivity contribution in [3.05, 3.63) is 89.5 Å². The SMILES string of the molecule is CCCCOc1ccc(C(=O)Oc2ccc(C=NNC(=O)COc3cccc(C)c3)cc2)cc1. The van der Waals surface area contributed by atoms with Crippen LogP contribution >= 0.6 is 0 Å². The van der Waals surface area contributed by atoms with E-state index in [1.807, 2.05) is 25.1 Å². The van der Waals surface area contributed by atoms with E-state index in [1.54, 1.807) is 54.6 Å². The summed E-state index contributed by atoms with van der Waals surface area (Å²) in [5.41, 5.74) is 4.63. The molecule has 34 heavy (non-hydrogen) atoms. The number of nitrogens with zero attached hydrogens (tertiary/aromatic N) is 1. The van der Waals surface area contributed by atoms with Crippen molar-refractivity contribution in [2.75, 3.05) is 13.2 Å². The monoisotopic (exact) mass is 460 g/mol. The molecule has 176 valence electrons. The maximum Gasteiger partial charge on any atom is 0.343 e. The van der Waals surface area contributed by atoms with Crippen LogP contribution in [0.15, 0.2) is 77.9 Å². The van der Waals surface area contributed by atoms with Gasteiger partial charge >= 0.3 is 5.97 Å². The Morgan fingerprint density at radius 2 is 1.65 bits per heavy atom. The van der Waals surface area contributed by atoms with E-state index in [-0.39, 0.29) is 12.5 Å². The van der Waals surface area contributed by atoms with Crippen LogP contribution in [0, 0.1) is 6.92 Å². The van der Waals surface area contributed by atoms with Gasteiger partial charge in [-0.2, -0.15) is 5.10 Å². The van der Waals surface area contributed by atoms with Crippen LogP contribution in [0.5, 0.6) is 17.2 Å². The number of carbonyl (C=O) groups excluding carboxylic acids is 2. The van der Waals surface area contributed by atoms with Gasteiger partial charge in [0.05, 0.1) is 18.4 Å². The number of hydrazone groups is 1. The van der Waals surface area contributed by atoms with Gasteiger partial charge in [0.1, 0.15) is 17.2 Å². The average Bonchev–Trinajstić information content (AvgIpc) is 2.84. The molecule has 1 amide bonds. The first-order chi connectivity index (χ1) is 16.5. The zero-order valence-corrected chi connectivity index (χ0v) is 19.3. The summed E-state index contributed by atoms with van der Waals surface area (Å²) >= 11 is 0. The summed E-state index contributed by atoms with van der Waals surface area (Å²) in [6, 6.07) is 21.1. The van der Waals surface area contributed by atoms with Gasteiger partial charge in [0.25, 0.3) is 5.91 Å². The number of benzene rings is 3. The Morgan fingerprint density at radius 1 is 0.912 bits per heavy atom. The summed E-state index contributed by atoms with van der Waals surface area (Å²) in [6.45, 7) is 4.57. The zero-order chi connectivity index (χ0) is 24.2. The number of esters is 1. The number of amides is 1. The largest absolute Gasteiger partial charge is 0.494 e. The third kappa shape index (κ3) is 8.09. The lowest BCUT2D eigenvalue weighted by Crippen LogP contribution is -2.24. The van der Waals surface area contributed by atoms with Crippen molar-refractivity contribution < 1.29 is 23.8 Å². The highest BCUT2D eigenvalue weighted by Gasteiger charge is 2.09. The van der Waals surface area contributed by atoms with E-state index < -0.39 is 5.97 Å². The Kier molecular flexibility index (Phi) is 9.22. The third-order valence-electron chi connectivity index (χ3n) is 4.71. The van der Waals surface area contributed by atoms with E-state index in [0.717, 1.165) is 29.7 Å². The topological polar surface area (TPSA) is 86.2 Å². The molecule has 0 atom stereocenters. The van der Waals surface area contributed by atoms with Crippen LogP contribution in [-0.4, -0.2) is 31.3 Å². The van der Waals surface area contributed by atoms with Crippen molar-refractivity contribution in [1.29, 1.82) is 0 Å². The molecule has 7 nitrogen and oxygen atoms in total. The van der Waals surface area contributed by atoms with Gasteiger partial charge in [0, 0.05) is 0 Å². The Bertz CT molecular complexity index is 1110. The molecule has 3 aromatic rings. The molecule has 0 fully saturated rings.